The Labute approximate surface area is 156 Å². The highest BCUT2D eigenvalue weighted by molar-refractivity contribution is 7.13. The largest absolute Gasteiger partial charge is 0.328 e. The smallest absolute Gasteiger partial charge is 0.266 e. The zero-order valence-corrected chi connectivity index (χ0v) is 16.0. The van der Waals surface area contributed by atoms with Crippen LogP contribution < -0.4 is 0 Å². The zero-order valence-electron chi connectivity index (χ0n) is 15.1. The molecule has 1 atom stereocenters. The van der Waals surface area contributed by atoms with E-state index >= 15 is 0 Å². The third-order valence-corrected chi connectivity index (χ3v) is 5.75. The maximum Gasteiger partial charge on any atom is 0.266 e. The summed E-state index contributed by atoms with van der Waals surface area (Å²) in [6, 6.07) is 10.4. The summed E-state index contributed by atoms with van der Waals surface area (Å²) < 4.78 is 2.18. The molecule has 0 aliphatic carbocycles. The highest BCUT2D eigenvalue weighted by atomic mass is 32.1. The van der Waals surface area contributed by atoms with Crippen LogP contribution in [0.3, 0.4) is 0 Å². The van der Waals surface area contributed by atoms with Crippen molar-refractivity contribution in [2.75, 3.05) is 6.54 Å². The quantitative estimate of drug-likeness (QED) is 0.713. The first kappa shape index (κ1) is 16.9. The average Bonchev–Trinajstić information content (AvgIpc) is 3.18. The maximum absolute atomic E-state index is 12.9. The summed E-state index contributed by atoms with van der Waals surface area (Å²) in [6.07, 6.45) is 0.749. The molecule has 2 aromatic heterocycles. The van der Waals surface area contributed by atoms with Gasteiger partial charge in [0.25, 0.3) is 5.91 Å². The minimum absolute atomic E-state index is 0.0406. The lowest BCUT2D eigenvalue weighted by Gasteiger charge is -2.32. The summed E-state index contributed by atoms with van der Waals surface area (Å²) in [5.41, 5.74) is 2.02. The van der Waals surface area contributed by atoms with Crippen LogP contribution in [-0.4, -0.2) is 37.1 Å². The number of benzene rings is 1. The Hall–Kier alpha value is -2.54. The first-order valence-electron chi connectivity index (χ1n) is 8.73. The fourth-order valence-corrected chi connectivity index (χ4v) is 4.43. The predicted octanol–water partition coefficient (Wildman–Crippen LogP) is 3.16. The Balaban J connectivity index is 1.58. The van der Waals surface area contributed by atoms with Crippen molar-refractivity contribution in [1.82, 2.24) is 24.6 Å². The number of amides is 1. The number of fused-ring (bicyclic) bond motifs is 1. The van der Waals surface area contributed by atoms with Crippen molar-refractivity contribution in [2.24, 2.45) is 0 Å². The third-order valence-electron chi connectivity index (χ3n) is 4.68. The number of hydrogen-bond acceptors (Lipinski definition) is 5. The molecule has 0 bridgehead atoms. The van der Waals surface area contributed by atoms with Gasteiger partial charge >= 0.3 is 0 Å². The molecule has 0 unspecified atom stereocenters. The van der Waals surface area contributed by atoms with Crippen LogP contribution in [0.15, 0.2) is 30.3 Å². The molecular formula is C19H21N5OS. The van der Waals surface area contributed by atoms with Crippen LogP contribution in [0.2, 0.25) is 0 Å². The van der Waals surface area contributed by atoms with Gasteiger partial charge in [-0.15, -0.1) is 21.5 Å². The molecular weight excluding hydrogens is 346 g/mol. The van der Waals surface area contributed by atoms with Crippen LogP contribution in [0.1, 0.15) is 50.6 Å². The maximum atomic E-state index is 12.9. The second-order valence-corrected chi connectivity index (χ2v) is 7.95. The molecule has 0 fully saturated rings. The Kier molecular flexibility index (Phi) is 4.32. The standard InChI is InChI=1S/C19H21N5OS/c1-12-10-23(19(25)18-13(2)20-14(3)26-18)11-17-22-21-16(24(12)17)9-15-7-5-4-6-8-15/h4-8,12H,9-11H2,1-3H3/t12-/m0/s1. The molecule has 1 aliphatic rings. The normalized spacial score (nSPS) is 16.6. The summed E-state index contributed by atoms with van der Waals surface area (Å²) in [4.78, 5) is 19.9. The van der Waals surface area contributed by atoms with E-state index in [9.17, 15) is 4.79 Å². The third kappa shape index (κ3) is 3.03. The SMILES string of the molecule is Cc1nc(C)c(C(=O)N2Cc3nnc(Cc4ccccc4)n3[C@@H](C)C2)s1. The van der Waals surface area contributed by atoms with Crippen LogP contribution in [-0.2, 0) is 13.0 Å². The molecule has 1 aromatic carbocycles. The monoisotopic (exact) mass is 367 g/mol. The Morgan fingerprint density at radius 3 is 2.69 bits per heavy atom. The van der Waals surface area contributed by atoms with Gasteiger partial charge < -0.3 is 9.47 Å². The molecule has 4 rings (SSSR count). The van der Waals surface area contributed by atoms with Crippen molar-refractivity contribution in [3.63, 3.8) is 0 Å². The number of carbonyl (C=O) groups excluding carboxylic acids is 1. The Bertz CT molecular complexity index is 946. The lowest BCUT2D eigenvalue weighted by molar-refractivity contribution is 0.0684. The van der Waals surface area contributed by atoms with E-state index in [1.807, 2.05) is 36.9 Å². The predicted molar refractivity (Wildman–Crippen MR) is 100 cm³/mol. The molecule has 1 aliphatic heterocycles. The van der Waals surface area contributed by atoms with E-state index in [1.165, 1.54) is 16.9 Å². The van der Waals surface area contributed by atoms with Crippen LogP contribution in [0, 0.1) is 13.8 Å². The Morgan fingerprint density at radius 1 is 1.23 bits per heavy atom. The van der Waals surface area contributed by atoms with Crippen molar-refractivity contribution in [2.45, 2.75) is 39.8 Å². The van der Waals surface area contributed by atoms with Gasteiger partial charge in [0.15, 0.2) is 5.82 Å². The van der Waals surface area contributed by atoms with Crippen molar-refractivity contribution < 1.29 is 4.79 Å². The number of nitrogens with zero attached hydrogens (tertiary/aromatic N) is 5. The highest BCUT2D eigenvalue weighted by Gasteiger charge is 2.31. The minimum Gasteiger partial charge on any atom is -0.328 e. The molecule has 26 heavy (non-hydrogen) atoms. The van der Waals surface area contributed by atoms with Crippen molar-refractivity contribution >= 4 is 17.2 Å². The number of aryl methyl sites for hydroxylation is 2. The fraction of sp³-hybridized carbons (Fsp3) is 0.368. The van der Waals surface area contributed by atoms with Gasteiger partial charge in [-0.1, -0.05) is 30.3 Å². The summed E-state index contributed by atoms with van der Waals surface area (Å²) in [5, 5.41) is 9.68. The van der Waals surface area contributed by atoms with Crippen LogP contribution in [0.5, 0.6) is 0 Å². The van der Waals surface area contributed by atoms with Gasteiger partial charge in [0.1, 0.15) is 10.7 Å². The van der Waals surface area contributed by atoms with Crippen LogP contribution in [0.4, 0.5) is 0 Å². The second-order valence-electron chi connectivity index (χ2n) is 6.75. The number of hydrogen-bond donors (Lipinski definition) is 0. The van der Waals surface area contributed by atoms with Gasteiger partial charge in [-0.25, -0.2) is 4.98 Å². The lowest BCUT2D eigenvalue weighted by Crippen LogP contribution is -2.40. The van der Waals surface area contributed by atoms with Crippen molar-refractivity contribution in [3.8, 4) is 0 Å². The number of thiazole rings is 1. The summed E-state index contributed by atoms with van der Waals surface area (Å²) in [5.74, 6) is 1.84. The molecule has 0 saturated heterocycles. The van der Waals surface area contributed by atoms with Gasteiger partial charge in [0.2, 0.25) is 0 Å². The Morgan fingerprint density at radius 2 is 2.00 bits per heavy atom. The molecule has 3 heterocycles. The van der Waals surface area contributed by atoms with Crippen LogP contribution in [0.25, 0.3) is 0 Å². The van der Waals surface area contributed by atoms with Gasteiger partial charge in [0.05, 0.1) is 23.3 Å². The molecule has 0 N–H and O–H groups in total. The van der Waals surface area contributed by atoms with E-state index in [0.29, 0.717) is 13.1 Å². The zero-order chi connectivity index (χ0) is 18.3. The average molecular weight is 367 g/mol. The van der Waals surface area contributed by atoms with Crippen molar-refractivity contribution in [3.05, 3.63) is 63.1 Å². The van der Waals surface area contributed by atoms with Crippen LogP contribution >= 0.6 is 11.3 Å². The molecule has 0 spiro atoms. The van der Waals surface area contributed by atoms with E-state index in [1.54, 1.807) is 0 Å². The van der Waals surface area contributed by atoms with Gasteiger partial charge in [-0.3, -0.25) is 4.79 Å². The highest BCUT2D eigenvalue weighted by Crippen LogP contribution is 2.26. The molecule has 134 valence electrons. The lowest BCUT2D eigenvalue weighted by atomic mass is 10.1. The molecule has 6 nitrogen and oxygen atoms in total. The molecule has 7 heteroatoms. The van der Waals surface area contributed by atoms with E-state index in [4.69, 9.17) is 0 Å². The number of aromatic nitrogens is 4. The van der Waals surface area contributed by atoms with E-state index in [-0.39, 0.29) is 11.9 Å². The minimum atomic E-state index is 0.0406. The first-order chi connectivity index (χ1) is 12.5. The van der Waals surface area contributed by atoms with E-state index < -0.39 is 0 Å². The molecule has 0 radical (unpaired) electrons. The van der Waals surface area contributed by atoms with E-state index in [0.717, 1.165) is 33.6 Å². The number of carbonyl (C=O) groups is 1. The van der Waals surface area contributed by atoms with Gasteiger partial charge in [-0.2, -0.15) is 0 Å². The molecule has 0 saturated carbocycles. The van der Waals surface area contributed by atoms with Gasteiger partial charge in [0, 0.05) is 13.0 Å². The molecule has 3 aromatic rings. The van der Waals surface area contributed by atoms with Crippen molar-refractivity contribution in [1.29, 1.82) is 0 Å². The topological polar surface area (TPSA) is 63.9 Å². The summed E-state index contributed by atoms with van der Waals surface area (Å²) in [6.45, 7) is 7.08. The summed E-state index contributed by atoms with van der Waals surface area (Å²) in [7, 11) is 0. The fourth-order valence-electron chi connectivity index (χ4n) is 3.54. The van der Waals surface area contributed by atoms with Gasteiger partial charge in [-0.05, 0) is 26.3 Å². The summed E-state index contributed by atoms with van der Waals surface area (Å²) >= 11 is 1.46. The molecule has 1 amide bonds. The first-order valence-corrected chi connectivity index (χ1v) is 9.54. The second kappa shape index (κ2) is 6.64. The van der Waals surface area contributed by atoms with E-state index in [2.05, 4.69) is 38.8 Å². The number of rotatable bonds is 3.